The van der Waals surface area contributed by atoms with E-state index in [9.17, 15) is 4.79 Å². The molecule has 0 aliphatic heterocycles. The summed E-state index contributed by atoms with van der Waals surface area (Å²) < 4.78 is 5.93. The van der Waals surface area contributed by atoms with Crippen molar-refractivity contribution >= 4 is 39.3 Å². The SMILES string of the molecule is Cc1cc(NC(=O)c2ccnc(Nc3ccc(Br)c(C)c3)n2)no1. The standard InChI is InChI=1S/C16H14BrN5O2/c1-9-7-11(3-4-12(9)17)19-16-18-6-5-13(20-16)15(23)21-14-8-10(2)24-22-14/h3-8H,1-2H3,(H,18,19,20)(H,21,22,23). The van der Waals surface area contributed by atoms with E-state index in [-0.39, 0.29) is 11.6 Å². The number of aromatic nitrogens is 3. The zero-order valence-corrected chi connectivity index (χ0v) is 14.6. The molecule has 0 saturated carbocycles. The molecule has 0 unspecified atom stereocenters. The van der Waals surface area contributed by atoms with E-state index in [4.69, 9.17) is 4.52 Å². The Kier molecular flexibility index (Phi) is 4.57. The molecule has 0 spiro atoms. The predicted molar refractivity (Wildman–Crippen MR) is 93.4 cm³/mol. The summed E-state index contributed by atoms with van der Waals surface area (Å²) in [5.74, 6) is 0.900. The van der Waals surface area contributed by atoms with Crippen molar-refractivity contribution < 1.29 is 9.32 Å². The maximum atomic E-state index is 12.2. The van der Waals surface area contributed by atoms with Crippen LogP contribution < -0.4 is 10.6 Å². The molecule has 2 heterocycles. The van der Waals surface area contributed by atoms with Crippen molar-refractivity contribution in [2.24, 2.45) is 0 Å². The molecule has 3 aromatic rings. The zero-order valence-electron chi connectivity index (χ0n) is 13.0. The van der Waals surface area contributed by atoms with Crippen LogP contribution in [0.1, 0.15) is 21.8 Å². The minimum absolute atomic E-state index is 0.224. The summed E-state index contributed by atoms with van der Waals surface area (Å²) in [4.78, 5) is 20.6. The van der Waals surface area contributed by atoms with Gasteiger partial charge < -0.3 is 15.2 Å². The molecule has 0 aliphatic carbocycles. The number of nitrogens with one attached hydrogen (secondary N) is 2. The zero-order chi connectivity index (χ0) is 17.1. The Labute approximate surface area is 146 Å². The van der Waals surface area contributed by atoms with Crippen LogP contribution in [0.5, 0.6) is 0 Å². The molecule has 0 aliphatic rings. The average Bonchev–Trinajstić information content (AvgIpc) is 2.96. The van der Waals surface area contributed by atoms with Gasteiger partial charge in [0.25, 0.3) is 5.91 Å². The molecule has 122 valence electrons. The number of hydrogen-bond acceptors (Lipinski definition) is 6. The fraction of sp³-hybridized carbons (Fsp3) is 0.125. The number of aryl methyl sites for hydroxylation is 2. The van der Waals surface area contributed by atoms with Crippen molar-refractivity contribution in [1.29, 1.82) is 0 Å². The molecule has 7 nitrogen and oxygen atoms in total. The lowest BCUT2D eigenvalue weighted by molar-refractivity contribution is 0.102. The molecule has 24 heavy (non-hydrogen) atoms. The van der Waals surface area contributed by atoms with E-state index in [1.807, 2.05) is 25.1 Å². The Bertz CT molecular complexity index is 894. The number of halogens is 1. The number of carbonyl (C=O) groups is 1. The van der Waals surface area contributed by atoms with Crippen LogP contribution in [0.15, 0.2) is 45.5 Å². The Hall–Kier alpha value is -2.74. The summed E-state index contributed by atoms with van der Waals surface area (Å²) in [5, 5.41) is 9.42. The number of amides is 1. The summed E-state index contributed by atoms with van der Waals surface area (Å²) >= 11 is 3.45. The van der Waals surface area contributed by atoms with Gasteiger partial charge in [0.05, 0.1) is 0 Å². The highest BCUT2D eigenvalue weighted by molar-refractivity contribution is 9.10. The van der Waals surface area contributed by atoms with Gasteiger partial charge in [-0.25, -0.2) is 9.97 Å². The van der Waals surface area contributed by atoms with Crippen molar-refractivity contribution in [1.82, 2.24) is 15.1 Å². The number of carbonyl (C=O) groups excluding carboxylic acids is 1. The van der Waals surface area contributed by atoms with Crippen LogP contribution in [0.25, 0.3) is 0 Å². The number of nitrogens with zero attached hydrogens (tertiary/aromatic N) is 3. The van der Waals surface area contributed by atoms with Gasteiger partial charge in [0.15, 0.2) is 5.82 Å². The Morgan fingerprint density at radius 3 is 2.75 bits per heavy atom. The van der Waals surface area contributed by atoms with Crippen LogP contribution in [-0.4, -0.2) is 21.0 Å². The van der Waals surface area contributed by atoms with E-state index in [1.54, 1.807) is 13.0 Å². The van der Waals surface area contributed by atoms with Crippen LogP contribution in [0.2, 0.25) is 0 Å². The van der Waals surface area contributed by atoms with Gasteiger partial charge in [0, 0.05) is 22.4 Å². The molecular formula is C16H14BrN5O2. The molecule has 3 rings (SSSR count). The number of benzene rings is 1. The quantitative estimate of drug-likeness (QED) is 0.706. The third-order valence-corrected chi connectivity index (χ3v) is 4.06. The number of anilines is 3. The highest BCUT2D eigenvalue weighted by Crippen LogP contribution is 2.21. The molecule has 0 fully saturated rings. The van der Waals surface area contributed by atoms with Gasteiger partial charge in [-0.2, -0.15) is 0 Å². The van der Waals surface area contributed by atoms with Gasteiger partial charge in [-0.1, -0.05) is 21.1 Å². The number of rotatable bonds is 4. The third-order valence-electron chi connectivity index (χ3n) is 3.17. The molecule has 0 bridgehead atoms. The lowest BCUT2D eigenvalue weighted by Gasteiger charge is -2.08. The van der Waals surface area contributed by atoms with Gasteiger partial charge in [0.2, 0.25) is 5.95 Å². The van der Waals surface area contributed by atoms with Crippen molar-refractivity contribution in [3.63, 3.8) is 0 Å². The monoisotopic (exact) mass is 387 g/mol. The van der Waals surface area contributed by atoms with Crippen LogP contribution in [-0.2, 0) is 0 Å². The molecule has 8 heteroatoms. The largest absolute Gasteiger partial charge is 0.360 e. The minimum atomic E-state index is -0.388. The first-order valence-electron chi connectivity index (χ1n) is 7.12. The van der Waals surface area contributed by atoms with Crippen LogP contribution >= 0.6 is 15.9 Å². The predicted octanol–water partition coefficient (Wildman–Crippen LogP) is 3.84. The number of hydrogen-bond donors (Lipinski definition) is 2. The molecule has 0 atom stereocenters. The molecule has 1 aromatic carbocycles. The van der Waals surface area contributed by atoms with Crippen LogP contribution in [0.3, 0.4) is 0 Å². The second-order valence-corrected chi connectivity index (χ2v) is 5.99. The smallest absolute Gasteiger partial charge is 0.275 e. The topological polar surface area (TPSA) is 92.9 Å². The normalized spacial score (nSPS) is 10.5. The van der Waals surface area contributed by atoms with Crippen molar-refractivity contribution in [3.05, 3.63) is 58.0 Å². The minimum Gasteiger partial charge on any atom is -0.360 e. The summed E-state index contributed by atoms with van der Waals surface area (Å²) in [6.07, 6.45) is 1.52. The Morgan fingerprint density at radius 2 is 2.04 bits per heavy atom. The van der Waals surface area contributed by atoms with E-state index in [1.165, 1.54) is 12.3 Å². The third kappa shape index (κ3) is 3.77. The van der Waals surface area contributed by atoms with E-state index >= 15 is 0 Å². The fourth-order valence-corrected chi connectivity index (χ4v) is 2.25. The van der Waals surface area contributed by atoms with Crippen molar-refractivity contribution in [2.75, 3.05) is 10.6 Å². The Balaban J connectivity index is 1.75. The van der Waals surface area contributed by atoms with Crippen molar-refractivity contribution in [2.45, 2.75) is 13.8 Å². The summed E-state index contributed by atoms with van der Waals surface area (Å²) in [5.41, 5.74) is 2.14. The second kappa shape index (κ2) is 6.79. The van der Waals surface area contributed by atoms with Gasteiger partial charge in [-0.05, 0) is 43.7 Å². The van der Waals surface area contributed by atoms with Gasteiger partial charge in [-0.3, -0.25) is 4.79 Å². The molecule has 2 N–H and O–H groups in total. The van der Waals surface area contributed by atoms with E-state index in [0.29, 0.717) is 17.5 Å². The highest BCUT2D eigenvalue weighted by atomic mass is 79.9. The maximum absolute atomic E-state index is 12.2. The average molecular weight is 388 g/mol. The highest BCUT2D eigenvalue weighted by Gasteiger charge is 2.11. The molecule has 1 amide bonds. The van der Waals surface area contributed by atoms with E-state index in [0.717, 1.165) is 15.7 Å². The first kappa shape index (κ1) is 16.1. The second-order valence-electron chi connectivity index (χ2n) is 5.13. The van der Waals surface area contributed by atoms with E-state index < -0.39 is 0 Å². The molecule has 2 aromatic heterocycles. The molecular weight excluding hydrogens is 374 g/mol. The molecule has 0 radical (unpaired) electrons. The first-order valence-corrected chi connectivity index (χ1v) is 7.91. The Morgan fingerprint density at radius 1 is 1.21 bits per heavy atom. The summed E-state index contributed by atoms with van der Waals surface area (Å²) in [6.45, 7) is 3.73. The van der Waals surface area contributed by atoms with Gasteiger partial charge in [-0.15, -0.1) is 0 Å². The van der Waals surface area contributed by atoms with Gasteiger partial charge >= 0.3 is 0 Å². The van der Waals surface area contributed by atoms with Gasteiger partial charge in [0.1, 0.15) is 11.5 Å². The summed E-state index contributed by atoms with van der Waals surface area (Å²) in [7, 11) is 0. The lowest BCUT2D eigenvalue weighted by atomic mass is 10.2. The van der Waals surface area contributed by atoms with E-state index in [2.05, 4.69) is 41.7 Å². The first-order chi connectivity index (χ1) is 11.5. The molecule has 0 saturated heterocycles. The van der Waals surface area contributed by atoms with Crippen LogP contribution in [0, 0.1) is 13.8 Å². The fourth-order valence-electron chi connectivity index (χ4n) is 2.00. The lowest BCUT2D eigenvalue weighted by Crippen LogP contribution is -2.15. The van der Waals surface area contributed by atoms with Crippen LogP contribution in [0.4, 0.5) is 17.5 Å². The summed E-state index contributed by atoms with van der Waals surface area (Å²) in [6, 6.07) is 8.94. The van der Waals surface area contributed by atoms with Crippen molar-refractivity contribution in [3.8, 4) is 0 Å². The maximum Gasteiger partial charge on any atom is 0.275 e.